The second-order valence-corrected chi connectivity index (χ2v) is 11.1. The number of aryl methyl sites for hydroxylation is 2. The first-order chi connectivity index (χ1) is 16.1. The number of amides is 1. The van der Waals surface area contributed by atoms with Crippen molar-refractivity contribution >= 4 is 21.4 Å². The minimum absolute atomic E-state index is 0.00860. The highest BCUT2D eigenvalue weighted by Crippen LogP contribution is 2.47. The Kier molecular flexibility index (Phi) is 4.97. The molecule has 2 unspecified atom stereocenters. The molecule has 3 aromatic rings. The van der Waals surface area contributed by atoms with Gasteiger partial charge in [0, 0.05) is 29.3 Å². The Labute approximate surface area is 195 Å². The normalized spacial score (nSPS) is 21.1. The van der Waals surface area contributed by atoms with E-state index in [1.165, 1.54) is 17.0 Å². The Balaban J connectivity index is 1.70. The number of benzene rings is 2. The van der Waals surface area contributed by atoms with Crippen LogP contribution in [0.25, 0.3) is 11.3 Å². The maximum absolute atomic E-state index is 13.5. The third kappa shape index (κ3) is 3.43. The van der Waals surface area contributed by atoms with E-state index in [9.17, 15) is 28.4 Å². The molecule has 3 heterocycles. The molecule has 0 radical (unpaired) electrons. The fraction of sp³-hybridized carbons (Fsp3) is 0.304. The first kappa shape index (κ1) is 22.1. The van der Waals surface area contributed by atoms with E-state index in [2.05, 4.69) is 10.2 Å². The first-order valence-electron chi connectivity index (χ1n) is 10.7. The van der Waals surface area contributed by atoms with E-state index < -0.39 is 26.8 Å². The number of nitrogens with one attached hydrogen (secondary N) is 1. The molecule has 2 aromatic carbocycles. The van der Waals surface area contributed by atoms with Gasteiger partial charge in [-0.1, -0.05) is 6.07 Å². The molecule has 1 amide bonds. The van der Waals surface area contributed by atoms with E-state index in [0.717, 1.165) is 5.56 Å². The summed E-state index contributed by atoms with van der Waals surface area (Å²) in [5, 5.41) is 29.1. The lowest BCUT2D eigenvalue weighted by molar-refractivity contribution is -0.384. The van der Waals surface area contributed by atoms with Crippen LogP contribution in [0.1, 0.15) is 45.2 Å². The van der Waals surface area contributed by atoms with E-state index in [4.69, 9.17) is 0 Å². The number of hydrogen-bond acceptors (Lipinski definition) is 7. The van der Waals surface area contributed by atoms with E-state index in [1.54, 1.807) is 25.1 Å². The summed E-state index contributed by atoms with van der Waals surface area (Å²) in [6.07, 6.45) is 0.305. The molecule has 0 bridgehead atoms. The van der Waals surface area contributed by atoms with Gasteiger partial charge in [0.15, 0.2) is 9.84 Å². The zero-order valence-electron chi connectivity index (χ0n) is 18.5. The van der Waals surface area contributed by atoms with Gasteiger partial charge in [-0.05, 0) is 55.2 Å². The van der Waals surface area contributed by atoms with E-state index in [-0.39, 0.29) is 34.5 Å². The number of carbonyl (C=O) groups excluding carboxylic acids is 1. The number of aromatic amines is 1. The quantitative estimate of drug-likeness (QED) is 0.429. The van der Waals surface area contributed by atoms with Crippen LogP contribution in [-0.4, -0.2) is 57.0 Å². The average molecular weight is 483 g/mol. The van der Waals surface area contributed by atoms with Crippen molar-refractivity contribution in [1.29, 1.82) is 0 Å². The number of nitro benzene ring substituents is 1. The number of carbonyl (C=O) groups is 1. The van der Waals surface area contributed by atoms with Crippen LogP contribution in [0.4, 0.5) is 5.69 Å². The van der Waals surface area contributed by atoms with E-state index >= 15 is 0 Å². The molecule has 1 aromatic heterocycles. The monoisotopic (exact) mass is 482 g/mol. The highest BCUT2D eigenvalue weighted by Gasteiger charge is 2.48. The number of fused-ring (bicyclic) bond motifs is 1. The standard InChI is InChI=1S/C23H22N4O6S/c1-12-9-13(2)22(28)17(10-12)19-18-20(25-24-19)23(29)26(16-7-8-34(32,33)11-16)21(18)14-3-5-15(6-4-14)27(30)31/h3-6,9-10,16,21,28H,7-8,11H2,1-2H3,(H,24,25). The van der Waals surface area contributed by atoms with Gasteiger partial charge in [-0.3, -0.25) is 20.0 Å². The van der Waals surface area contributed by atoms with Crippen molar-refractivity contribution in [3.63, 3.8) is 0 Å². The molecular weight excluding hydrogens is 460 g/mol. The lowest BCUT2D eigenvalue weighted by Gasteiger charge is -2.31. The number of nitro groups is 1. The van der Waals surface area contributed by atoms with Gasteiger partial charge >= 0.3 is 0 Å². The van der Waals surface area contributed by atoms with Crippen molar-refractivity contribution in [3.8, 4) is 17.0 Å². The minimum Gasteiger partial charge on any atom is -0.507 e. The number of aromatic nitrogens is 2. The molecule has 11 heteroatoms. The summed E-state index contributed by atoms with van der Waals surface area (Å²) in [5.41, 5.74) is 3.63. The lowest BCUT2D eigenvalue weighted by atomic mass is 9.93. The Morgan fingerprint density at radius 2 is 1.91 bits per heavy atom. The van der Waals surface area contributed by atoms with Gasteiger partial charge in [0.05, 0.1) is 22.5 Å². The van der Waals surface area contributed by atoms with Gasteiger partial charge in [-0.25, -0.2) is 8.42 Å². The summed E-state index contributed by atoms with van der Waals surface area (Å²) in [6.45, 7) is 3.66. The molecule has 2 aliphatic heterocycles. The molecule has 1 fully saturated rings. The lowest BCUT2D eigenvalue weighted by Crippen LogP contribution is -2.40. The first-order valence-corrected chi connectivity index (χ1v) is 12.6. The predicted octanol–water partition coefficient (Wildman–Crippen LogP) is 3.04. The second-order valence-electron chi connectivity index (χ2n) is 8.86. The SMILES string of the molecule is Cc1cc(C)c(O)c(-c2n[nH]c3c2C(c2ccc([N+](=O)[O-])cc2)N(C2CCS(=O)(=O)C2)C3=O)c1. The number of nitrogens with zero attached hydrogens (tertiary/aromatic N) is 3. The van der Waals surface area contributed by atoms with Crippen LogP contribution < -0.4 is 0 Å². The van der Waals surface area contributed by atoms with Crippen LogP contribution in [0.3, 0.4) is 0 Å². The molecule has 0 spiro atoms. The van der Waals surface area contributed by atoms with Gasteiger partial charge in [0.25, 0.3) is 11.6 Å². The average Bonchev–Trinajstić information content (AvgIpc) is 3.44. The number of aromatic hydroxyl groups is 1. The molecule has 2 aliphatic rings. The summed E-state index contributed by atoms with van der Waals surface area (Å²) in [4.78, 5) is 25.7. The number of H-pyrrole nitrogens is 1. The smallest absolute Gasteiger partial charge is 0.273 e. The molecule has 2 atom stereocenters. The van der Waals surface area contributed by atoms with Crippen LogP contribution in [0.5, 0.6) is 5.75 Å². The minimum atomic E-state index is -3.28. The van der Waals surface area contributed by atoms with Crippen LogP contribution in [0.2, 0.25) is 0 Å². The Hall–Kier alpha value is -3.73. The van der Waals surface area contributed by atoms with Crippen LogP contribution in [0.15, 0.2) is 36.4 Å². The molecular formula is C23H22N4O6S. The fourth-order valence-electron chi connectivity index (χ4n) is 4.99. The van der Waals surface area contributed by atoms with E-state index in [1.807, 2.05) is 13.0 Å². The maximum atomic E-state index is 13.5. The number of hydrogen-bond donors (Lipinski definition) is 2. The molecule has 5 rings (SSSR count). The Morgan fingerprint density at radius 3 is 2.53 bits per heavy atom. The summed E-state index contributed by atoms with van der Waals surface area (Å²) in [7, 11) is -3.28. The number of phenols is 1. The number of sulfone groups is 1. The highest BCUT2D eigenvalue weighted by atomic mass is 32.2. The van der Waals surface area contributed by atoms with Gasteiger partial charge < -0.3 is 10.0 Å². The van der Waals surface area contributed by atoms with Gasteiger partial charge in [0.1, 0.15) is 17.1 Å². The molecule has 0 saturated carbocycles. The molecule has 0 aliphatic carbocycles. The molecule has 1 saturated heterocycles. The number of rotatable bonds is 4. The van der Waals surface area contributed by atoms with Crippen LogP contribution in [-0.2, 0) is 9.84 Å². The van der Waals surface area contributed by atoms with E-state index in [0.29, 0.717) is 34.4 Å². The van der Waals surface area contributed by atoms with Gasteiger partial charge in [0.2, 0.25) is 0 Å². The summed E-state index contributed by atoms with van der Waals surface area (Å²) in [6, 6.07) is 8.21. The molecule has 176 valence electrons. The number of non-ortho nitro benzene ring substituents is 1. The Bertz CT molecular complexity index is 1440. The van der Waals surface area contributed by atoms with Crippen molar-refractivity contribution in [2.75, 3.05) is 11.5 Å². The van der Waals surface area contributed by atoms with Crippen molar-refractivity contribution in [3.05, 3.63) is 74.5 Å². The largest absolute Gasteiger partial charge is 0.507 e. The van der Waals surface area contributed by atoms with Crippen molar-refractivity contribution < 1.29 is 23.2 Å². The van der Waals surface area contributed by atoms with Gasteiger partial charge in [-0.2, -0.15) is 5.10 Å². The zero-order chi connectivity index (χ0) is 24.4. The Morgan fingerprint density at radius 1 is 1.21 bits per heavy atom. The maximum Gasteiger partial charge on any atom is 0.273 e. The second kappa shape index (κ2) is 7.66. The summed E-state index contributed by atoms with van der Waals surface area (Å²) in [5.74, 6) is -0.505. The zero-order valence-corrected chi connectivity index (χ0v) is 19.3. The van der Waals surface area contributed by atoms with Gasteiger partial charge in [-0.15, -0.1) is 0 Å². The van der Waals surface area contributed by atoms with Crippen LogP contribution in [0, 0.1) is 24.0 Å². The predicted molar refractivity (Wildman–Crippen MR) is 123 cm³/mol. The summed E-state index contributed by atoms with van der Waals surface area (Å²) >= 11 is 0. The third-order valence-corrected chi connectivity index (χ3v) is 8.28. The third-order valence-electron chi connectivity index (χ3n) is 6.53. The highest BCUT2D eigenvalue weighted by molar-refractivity contribution is 7.91. The van der Waals surface area contributed by atoms with Crippen LogP contribution >= 0.6 is 0 Å². The van der Waals surface area contributed by atoms with Crippen molar-refractivity contribution in [2.24, 2.45) is 0 Å². The molecule has 10 nitrogen and oxygen atoms in total. The molecule has 34 heavy (non-hydrogen) atoms. The topological polar surface area (TPSA) is 146 Å². The number of phenolic OH excluding ortho intramolecular Hbond substituents is 1. The van der Waals surface area contributed by atoms with Crippen molar-refractivity contribution in [1.82, 2.24) is 15.1 Å². The fourth-order valence-corrected chi connectivity index (χ4v) is 6.70. The summed E-state index contributed by atoms with van der Waals surface area (Å²) < 4.78 is 24.4. The molecule has 2 N–H and O–H groups in total. The van der Waals surface area contributed by atoms with Crippen molar-refractivity contribution in [2.45, 2.75) is 32.4 Å².